The number of fused-ring (bicyclic) bond motifs is 1. The van der Waals surface area contributed by atoms with Crippen LogP contribution in [-0.2, 0) is 4.74 Å². The second kappa shape index (κ2) is 4.37. The van der Waals surface area contributed by atoms with Crippen LogP contribution in [-0.4, -0.2) is 38.3 Å². The Morgan fingerprint density at radius 3 is 2.68 bits per heavy atom. The van der Waals surface area contributed by atoms with E-state index in [1.807, 2.05) is 7.05 Å². The van der Waals surface area contributed by atoms with Crippen LogP contribution in [0.25, 0.3) is 0 Å². The third-order valence-corrected chi connectivity index (χ3v) is 5.40. The summed E-state index contributed by atoms with van der Waals surface area (Å²) in [5, 5.41) is 7.11. The molecule has 0 aromatic carbocycles. The van der Waals surface area contributed by atoms with E-state index in [2.05, 4.69) is 36.4 Å². The molecule has 3 aliphatic rings. The second-order valence-electron chi connectivity index (χ2n) is 7.42. The minimum Gasteiger partial charge on any atom is -0.377 e. The van der Waals surface area contributed by atoms with Crippen LogP contribution in [0.4, 0.5) is 0 Å². The standard InChI is InChI=1S/C15H27N3O/c1-14(2)11(10-5-8-19-12(10)14)18-13(16-4)17-9-15(3)6-7-15/h10-12H,5-9H2,1-4H3,(H2,16,17,18). The lowest BCUT2D eigenvalue weighted by molar-refractivity contribution is -0.106. The molecule has 1 saturated heterocycles. The van der Waals surface area contributed by atoms with Gasteiger partial charge in [0.1, 0.15) is 0 Å². The van der Waals surface area contributed by atoms with Gasteiger partial charge in [-0.3, -0.25) is 4.99 Å². The zero-order chi connectivity index (χ0) is 13.7. The van der Waals surface area contributed by atoms with Crippen LogP contribution in [0.2, 0.25) is 0 Å². The van der Waals surface area contributed by atoms with Crippen LogP contribution in [0, 0.1) is 16.7 Å². The van der Waals surface area contributed by atoms with E-state index in [0.717, 1.165) is 19.1 Å². The smallest absolute Gasteiger partial charge is 0.191 e. The Balaban J connectivity index is 1.57. The average molecular weight is 265 g/mol. The molecule has 108 valence electrons. The highest BCUT2D eigenvalue weighted by Crippen LogP contribution is 2.52. The maximum atomic E-state index is 5.84. The molecule has 1 heterocycles. The molecule has 4 nitrogen and oxygen atoms in total. The van der Waals surface area contributed by atoms with Crippen LogP contribution >= 0.6 is 0 Å². The van der Waals surface area contributed by atoms with E-state index >= 15 is 0 Å². The fraction of sp³-hybridized carbons (Fsp3) is 0.933. The van der Waals surface area contributed by atoms with E-state index in [1.54, 1.807) is 0 Å². The molecule has 0 amide bonds. The summed E-state index contributed by atoms with van der Waals surface area (Å²) >= 11 is 0. The molecule has 3 atom stereocenters. The number of hydrogen-bond acceptors (Lipinski definition) is 2. The van der Waals surface area contributed by atoms with E-state index in [9.17, 15) is 0 Å². The molecule has 2 saturated carbocycles. The van der Waals surface area contributed by atoms with Crippen molar-refractivity contribution >= 4 is 5.96 Å². The fourth-order valence-corrected chi connectivity index (χ4v) is 3.65. The van der Waals surface area contributed by atoms with Gasteiger partial charge >= 0.3 is 0 Å². The molecule has 0 bridgehead atoms. The minimum absolute atomic E-state index is 0.211. The molecule has 0 spiro atoms. The monoisotopic (exact) mass is 265 g/mol. The zero-order valence-corrected chi connectivity index (χ0v) is 12.6. The van der Waals surface area contributed by atoms with Crippen LogP contribution in [0.5, 0.6) is 0 Å². The first-order valence-corrected chi connectivity index (χ1v) is 7.55. The van der Waals surface area contributed by atoms with Crippen molar-refractivity contribution in [3.05, 3.63) is 0 Å². The van der Waals surface area contributed by atoms with Gasteiger partial charge in [0.25, 0.3) is 0 Å². The Kier molecular flexibility index (Phi) is 3.04. The summed E-state index contributed by atoms with van der Waals surface area (Å²) in [4.78, 5) is 4.37. The Bertz CT molecular complexity index is 387. The maximum absolute atomic E-state index is 5.84. The van der Waals surface area contributed by atoms with Gasteiger partial charge in [0.15, 0.2) is 5.96 Å². The zero-order valence-electron chi connectivity index (χ0n) is 12.6. The van der Waals surface area contributed by atoms with E-state index in [1.165, 1.54) is 19.3 Å². The maximum Gasteiger partial charge on any atom is 0.191 e. The van der Waals surface area contributed by atoms with Gasteiger partial charge in [0.05, 0.1) is 6.10 Å². The van der Waals surface area contributed by atoms with Crippen molar-refractivity contribution in [3.63, 3.8) is 0 Å². The molecule has 19 heavy (non-hydrogen) atoms. The van der Waals surface area contributed by atoms with Gasteiger partial charge < -0.3 is 15.4 Å². The first kappa shape index (κ1) is 13.2. The van der Waals surface area contributed by atoms with Crippen molar-refractivity contribution in [2.24, 2.45) is 21.7 Å². The molecule has 0 aromatic heterocycles. The predicted octanol–water partition coefficient (Wildman–Crippen LogP) is 1.76. The summed E-state index contributed by atoms with van der Waals surface area (Å²) in [6.45, 7) is 8.88. The topological polar surface area (TPSA) is 45.7 Å². The van der Waals surface area contributed by atoms with Crippen molar-refractivity contribution in [1.82, 2.24) is 10.6 Å². The summed E-state index contributed by atoms with van der Waals surface area (Å²) in [5.74, 6) is 1.61. The summed E-state index contributed by atoms with van der Waals surface area (Å²) in [6.07, 6.45) is 4.29. The number of nitrogens with one attached hydrogen (secondary N) is 2. The van der Waals surface area contributed by atoms with Crippen LogP contribution in [0.1, 0.15) is 40.0 Å². The van der Waals surface area contributed by atoms with Gasteiger partial charge in [-0.1, -0.05) is 20.8 Å². The highest BCUT2D eigenvalue weighted by molar-refractivity contribution is 5.80. The highest BCUT2D eigenvalue weighted by Gasteiger charge is 2.59. The Morgan fingerprint density at radius 2 is 2.05 bits per heavy atom. The predicted molar refractivity (Wildman–Crippen MR) is 77.3 cm³/mol. The van der Waals surface area contributed by atoms with Gasteiger partial charge in [-0.15, -0.1) is 0 Å². The number of guanidine groups is 1. The number of aliphatic imine (C=N–C) groups is 1. The van der Waals surface area contributed by atoms with E-state index in [0.29, 0.717) is 23.5 Å². The summed E-state index contributed by atoms with van der Waals surface area (Å²) in [5.41, 5.74) is 0.716. The number of ether oxygens (including phenoxy) is 1. The Hall–Kier alpha value is -0.770. The fourth-order valence-electron chi connectivity index (χ4n) is 3.65. The molecule has 3 rings (SSSR count). The molecular formula is C15H27N3O. The molecule has 0 aromatic rings. The SMILES string of the molecule is CN=C(NCC1(C)CC1)NC1C2CCOC2C1(C)C. The van der Waals surface area contributed by atoms with Crippen LogP contribution in [0.15, 0.2) is 4.99 Å². The second-order valence-corrected chi connectivity index (χ2v) is 7.42. The van der Waals surface area contributed by atoms with E-state index < -0.39 is 0 Å². The number of hydrogen-bond donors (Lipinski definition) is 2. The van der Waals surface area contributed by atoms with Crippen molar-refractivity contribution in [2.75, 3.05) is 20.2 Å². The lowest BCUT2D eigenvalue weighted by atomic mass is 9.57. The lowest BCUT2D eigenvalue weighted by Gasteiger charge is -2.54. The van der Waals surface area contributed by atoms with Gasteiger partial charge in [0, 0.05) is 37.6 Å². The van der Waals surface area contributed by atoms with Crippen LogP contribution < -0.4 is 10.6 Å². The van der Waals surface area contributed by atoms with E-state index in [-0.39, 0.29) is 5.41 Å². The molecule has 0 radical (unpaired) electrons. The molecule has 4 heteroatoms. The molecule has 3 unspecified atom stereocenters. The van der Waals surface area contributed by atoms with Crippen LogP contribution in [0.3, 0.4) is 0 Å². The van der Waals surface area contributed by atoms with Gasteiger partial charge in [-0.05, 0) is 24.7 Å². The quantitative estimate of drug-likeness (QED) is 0.604. The molecule has 2 aliphatic carbocycles. The third kappa shape index (κ3) is 2.24. The van der Waals surface area contributed by atoms with Gasteiger partial charge in [0.2, 0.25) is 0 Å². The van der Waals surface area contributed by atoms with Crippen molar-refractivity contribution < 1.29 is 4.74 Å². The summed E-state index contributed by atoms with van der Waals surface area (Å²) in [6, 6.07) is 0.484. The Labute approximate surface area is 116 Å². The third-order valence-electron chi connectivity index (χ3n) is 5.40. The van der Waals surface area contributed by atoms with Crippen molar-refractivity contribution in [3.8, 4) is 0 Å². The van der Waals surface area contributed by atoms with Crippen molar-refractivity contribution in [2.45, 2.75) is 52.2 Å². The summed E-state index contributed by atoms with van der Waals surface area (Å²) < 4.78 is 5.84. The Morgan fingerprint density at radius 1 is 1.32 bits per heavy atom. The summed E-state index contributed by atoms with van der Waals surface area (Å²) in [7, 11) is 1.86. The largest absolute Gasteiger partial charge is 0.377 e. The first-order chi connectivity index (χ1) is 8.96. The van der Waals surface area contributed by atoms with Gasteiger partial charge in [-0.25, -0.2) is 0 Å². The van der Waals surface area contributed by atoms with Gasteiger partial charge in [-0.2, -0.15) is 0 Å². The molecule has 1 aliphatic heterocycles. The first-order valence-electron chi connectivity index (χ1n) is 7.55. The molecular weight excluding hydrogens is 238 g/mol. The number of nitrogens with zero attached hydrogens (tertiary/aromatic N) is 1. The van der Waals surface area contributed by atoms with E-state index in [4.69, 9.17) is 4.74 Å². The number of rotatable bonds is 3. The average Bonchev–Trinajstić information content (AvgIpc) is 2.93. The molecule has 2 N–H and O–H groups in total. The minimum atomic E-state index is 0.211. The normalized spacial score (nSPS) is 38.3. The van der Waals surface area contributed by atoms with Crippen molar-refractivity contribution in [1.29, 1.82) is 0 Å². The molecule has 3 fully saturated rings. The highest BCUT2D eigenvalue weighted by atomic mass is 16.5. The lowest BCUT2D eigenvalue weighted by Crippen LogP contribution is -2.68.